The summed E-state index contributed by atoms with van der Waals surface area (Å²) in [5, 5.41) is 13.3. The number of nitrogens with zero attached hydrogens (tertiary/aromatic N) is 1. The predicted octanol–water partition coefficient (Wildman–Crippen LogP) is 2.35. The lowest BCUT2D eigenvalue weighted by Crippen LogP contribution is -2.59. The molecule has 0 aliphatic carbocycles. The molecule has 6 atom stereocenters. The van der Waals surface area contributed by atoms with Crippen LogP contribution in [0.1, 0.15) is 67.7 Å². The molecular weight excluding hydrogens is 416 g/mol. The number of hydrogen-bond donors (Lipinski definition) is 2. The van der Waals surface area contributed by atoms with Crippen molar-refractivity contribution in [3.8, 4) is 0 Å². The van der Waals surface area contributed by atoms with Crippen LogP contribution in [0.4, 0.5) is 0 Å². The number of likely N-dealkylation sites (tertiary alicyclic amines) is 1. The maximum Gasteiger partial charge on any atom is 0.311 e. The number of aliphatic hydroxyl groups is 1. The highest BCUT2D eigenvalue weighted by atomic mass is 32.2. The van der Waals surface area contributed by atoms with Gasteiger partial charge in [0.05, 0.1) is 35.8 Å². The Morgan fingerprint density at radius 2 is 1.97 bits per heavy atom. The Bertz CT molecular complexity index is 751. The number of ether oxygens (including phenoxy) is 1. The predicted molar refractivity (Wildman–Crippen MR) is 120 cm³/mol. The highest BCUT2D eigenvalue weighted by Gasteiger charge is 2.78. The lowest BCUT2D eigenvalue weighted by Gasteiger charge is -2.39. The molecular formula is C23H38N2O5S. The van der Waals surface area contributed by atoms with E-state index < -0.39 is 39.0 Å². The summed E-state index contributed by atoms with van der Waals surface area (Å²) in [4.78, 5) is 42.2. The number of fused-ring (bicyclic) bond motifs is 1. The molecule has 3 saturated heterocycles. The molecule has 31 heavy (non-hydrogen) atoms. The summed E-state index contributed by atoms with van der Waals surface area (Å²) in [6.45, 7) is 13.7. The second kappa shape index (κ2) is 8.25. The zero-order chi connectivity index (χ0) is 23.4. The molecule has 2 unspecified atom stereocenters. The number of nitrogens with one attached hydrogen (secondary N) is 1. The highest BCUT2D eigenvalue weighted by Crippen LogP contribution is 2.71. The van der Waals surface area contributed by atoms with Crippen molar-refractivity contribution in [2.75, 3.05) is 13.2 Å². The quantitative estimate of drug-likeness (QED) is 0.574. The minimum absolute atomic E-state index is 0.192. The van der Waals surface area contributed by atoms with Crippen LogP contribution in [0.25, 0.3) is 0 Å². The van der Waals surface area contributed by atoms with E-state index in [2.05, 4.69) is 5.32 Å². The van der Waals surface area contributed by atoms with Crippen molar-refractivity contribution in [2.24, 2.45) is 17.8 Å². The first-order chi connectivity index (χ1) is 14.3. The zero-order valence-corrected chi connectivity index (χ0v) is 20.7. The second-order valence-electron chi connectivity index (χ2n) is 10.9. The van der Waals surface area contributed by atoms with Crippen LogP contribution in [0.5, 0.6) is 0 Å². The van der Waals surface area contributed by atoms with Gasteiger partial charge in [0.1, 0.15) is 6.04 Å². The Morgan fingerprint density at radius 3 is 2.48 bits per heavy atom. The van der Waals surface area contributed by atoms with Crippen LogP contribution in [0.3, 0.4) is 0 Å². The van der Waals surface area contributed by atoms with Gasteiger partial charge in [0.15, 0.2) is 0 Å². The molecule has 2 N–H and O–H groups in total. The Balaban J connectivity index is 2.10. The summed E-state index contributed by atoms with van der Waals surface area (Å²) in [5.74, 6) is -1.68. The minimum atomic E-state index is -0.716. The van der Waals surface area contributed by atoms with Crippen molar-refractivity contribution in [1.82, 2.24) is 10.2 Å². The van der Waals surface area contributed by atoms with E-state index in [1.807, 2.05) is 41.5 Å². The van der Waals surface area contributed by atoms with Crippen molar-refractivity contribution < 1.29 is 24.2 Å². The van der Waals surface area contributed by atoms with Crippen LogP contribution in [0.15, 0.2) is 0 Å². The van der Waals surface area contributed by atoms with Crippen molar-refractivity contribution in [1.29, 1.82) is 0 Å². The van der Waals surface area contributed by atoms with Crippen molar-refractivity contribution in [3.05, 3.63) is 0 Å². The number of carbonyl (C=O) groups is 3. The van der Waals surface area contributed by atoms with Gasteiger partial charge < -0.3 is 20.1 Å². The first kappa shape index (κ1) is 24.4. The Labute approximate surface area is 190 Å². The fourth-order valence-electron chi connectivity index (χ4n) is 5.90. The number of rotatable bonds is 7. The summed E-state index contributed by atoms with van der Waals surface area (Å²) in [6.07, 6.45) is 2.04. The van der Waals surface area contributed by atoms with E-state index in [0.29, 0.717) is 12.8 Å². The van der Waals surface area contributed by atoms with Crippen LogP contribution < -0.4 is 5.32 Å². The zero-order valence-electron chi connectivity index (χ0n) is 19.9. The van der Waals surface area contributed by atoms with Crippen LogP contribution in [0, 0.1) is 17.8 Å². The van der Waals surface area contributed by atoms with Crippen LogP contribution in [-0.4, -0.2) is 68.1 Å². The van der Waals surface area contributed by atoms with Gasteiger partial charge in [-0.1, -0.05) is 13.8 Å². The summed E-state index contributed by atoms with van der Waals surface area (Å²) in [7, 11) is 0. The topological polar surface area (TPSA) is 95.9 Å². The van der Waals surface area contributed by atoms with Gasteiger partial charge in [0, 0.05) is 10.3 Å². The number of thioether (sulfide) groups is 1. The first-order valence-electron chi connectivity index (χ1n) is 11.4. The van der Waals surface area contributed by atoms with Gasteiger partial charge >= 0.3 is 5.97 Å². The molecule has 3 heterocycles. The van der Waals surface area contributed by atoms with Gasteiger partial charge in [-0.2, -0.15) is 0 Å². The third-order valence-electron chi connectivity index (χ3n) is 6.85. The molecule has 0 radical (unpaired) electrons. The molecule has 1 spiro atoms. The number of esters is 1. The summed E-state index contributed by atoms with van der Waals surface area (Å²) in [5.41, 5.74) is -0.459. The number of hydrogen-bond acceptors (Lipinski definition) is 6. The van der Waals surface area contributed by atoms with Crippen molar-refractivity contribution >= 4 is 29.5 Å². The van der Waals surface area contributed by atoms with E-state index >= 15 is 0 Å². The standard InChI is InChI=1S/C23H38N2O5S/c1-8-30-20(29)16-15-19(28)25(14(12-26)11-13(2)3)17(18(27)24-21(4,5)6)23(15)10-9-22(16,7)31-23/h13-17,26H,8-12H2,1-7H3,(H,24,27)/t14-,15+,16+,17?,22-,23?/m1/s1. The number of aliphatic hydroxyl groups excluding tert-OH is 1. The molecule has 7 nitrogen and oxygen atoms in total. The largest absolute Gasteiger partial charge is 0.466 e. The van der Waals surface area contributed by atoms with E-state index in [1.54, 1.807) is 23.6 Å². The number of carbonyl (C=O) groups excluding carboxylic acids is 3. The Hall–Kier alpha value is -1.28. The third-order valence-corrected chi connectivity index (χ3v) is 8.83. The fraction of sp³-hybridized carbons (Fsp3) is 0.870. The van der Waals surface area contributed by atoms with Gasteiger partial charge in [-0.3, -0.25) is 14.4 Å². The van der Waals surface area contributed by atoms with Gasteiger partial charge in [-0.25, -0.2) is 0 Å². The Kier molecular flexibility index (Phi) is 6.48. The monoisotopic (exact) mass is 454 g/mol. The van der Waals surface area contributed by atoms with Crippen LogP contribution in [-0.2, 0) is 19.1 Å². The van der Waals surface area contributed by atoms with E-state index in [1.165, 1.54) is 0 Å². The summed E-state index contributed by atoms with van der Waals surface area (Å²) in [6, 6.07) is -1.18. The molecule has 0 aromatic heterocycles. The van der Waals surface area contributed by atoms with Crippen LogP contribution >= 0.6 is 11.8 Å². The normalized spacial score (nSPS) is 35.5. The van der Waals surface area contributed by atoms with E-state index in [0.717, 1.165) is 6.42 Å². The maximum absolute atomic E-state index is 13.9. The van der Waals surface area contributed by atoms with E-state index in [9.17, 15) is 19.5 Å². The maximum atomic E-state index is 13.9. The van der Waals surface area contributed by atoms with Gasteiger partial charge in [-0.05, 0) is 59.8 Å². The molecule has 2 bridgehead atoms. The highest BCUT2D eigenvalue weighted by molar-refractivity contribution is 8.02. The lowest BCUT2D eigenvalue weighted by atomic mass is 9.66. The molecule has 0 saturated carbocycles. The SMILES string of the molecule is CCOC(=O)[C@@H]1[C@H]2C(=O)N([C@@H](CO)CC(C)C)C(C(=O)NC(C)(C)C)C23CC[C@@]1(C)S3. The minimum Gasteiger partial charge on any atom is -0.466 e. The molecule has 2 amide bonds. The molecule has 8 heteroatoms. The van der Waals surface area contributed by atoms with Gasteiger partial charge in [-0.15, -0.1) is 11.8 Å². The second-order valence-corrected chi connectivity index (χ2v) is 12.8. The van der Waals surface area contributed by atoms with E-state index in [4.69, 9.17) is 4.74 Å². The fourth-order valence-corrected chi connectivity index (χ4v) is 8.24. The lowest BCUT2D eigenvalue weighted by molar-refractivity contribution is -0.155. The first-order valence-corrected chi connectivity index (χ1v) is 12.2. The van der Waals surface area contributed by atoms with Crippen molar-refractivity contribution in [2.45, 2.75) is 94.8 Å². The van der Waals surface area contributed by atoms with E-state index in [-0.39, 0.29) is 36.9 Å². The summed E-state index contributed by atoms with van der Waals surface area (Å²) < 4.78 is 4.28. The molecule has 0 aromatic rings. The van der Waals surface area contributed by atoms with Gasteiger partial charge in [0.25, 0.3) is 0 Å². The molecule has 3 rings (SSSR count). The van der Waals surface area contributed by atoms with Crippen molar-refractivity contribution in [3.63, 3.8) is 0 Å². The average molecular weight is 455 g/mol. The smallest absolute Gasteiger partial charge is 0.311 e. The molecule has 3 fully saturated rings. The molecule has 3 aliphatic rings. The molecule has 3 aliphatic heterocycles. The summed E-state index contributed by atoms with van der Waals surface area (Å²) >= 11 is 1.63. The third kappa shape index (κ3) is 3.99. The average Bonchev–Trinajstić information content (AvgIpc) is 3.19. The molecule has 176 valence electrons. The van der Waals surface area contributed by atoms with Gasteiger partial charge in [0.2, 0.25) is 11.8 Å². The molecule has 0 aromatic carbocycles. The Morgan fingerprint density at radius 1 is 1.32 bits per heavy atom. The van der Waals surface area contributed by atoms with Crippen LogP contribution in [0.2, 0.25) is 0 Å². The number of amides is 2.